The molecule has 1 unspecified atom stereocenters. The molecule has 1 atom stereocenters. The van der Waals surface area contributed by atoms with Crippen molar-refractivity contribution in [2.24, 2.45) is 0 Å². The molecule has 1 rings (SSSR count). The van der Waals surface area contributed by atoms with E-state index in [4.69, 9.17) is 4.74 Å². The van der Waals surface area contributed by atoms with Crippen molar-refractivity contribution in [3.8, 4) is 0 Å². The molecule has 0 saturated carbocycles. The molecule has 0 bridgehead atoms. The Morgan fingerprint density at radius 3 is 2.88 bits per heavy atom. The number of likely N-dealkylation sites (N-methyl/N-ethyl adjacent to an activating group) is 1. The summed E-state index contributed by atoms with van der Waals surface area (Å²) in [6, 6.07) is 0. The van der Waals surface area contributed by atoms with Crippen LogP contribution in [0, 0.1) is 0 Å². The number of sulfone groups is 1. The number of ether oxygens (including phenoxy) is 1. The zero-order valence-electron chi connectivity index (χ0n) is 10.1. The van der Waals surface area contributed by atoms with Gasteiger partial charge in [0.15, 0.2) is 0 Å². The lowest BCUT2D eigenvalue weighted by Crippen LogP contribution is -2.45. The van der Waals surface area contributed by atoms with Crippen LogP contribution in [0.3, 0.4) is 0 Å². The highest BCUT2D eigenvalue weighted by Crippen LogP contribution is 2.01. The van der Waals surface area contributed by atoms with Gasteiger partial charge in [0.05, 0.1) is 18.5 Å². The minimum Gasteiger partial charge on any atom is -0.374 e. The van der Waals surface area contributed by atoms with Crippen LogP contribution in [-0.2, 0) is 14.6 Å². The highest BCUT2D eigenvalue weighted by Gasteiger charge is 2.16. The molecule has 0 aromatic rings. The predicted octanol–water partition coefficient (Wildman–Crippen LogP) is -0.659. The van der Waals surface area contributed by atoms with Crippen molar-refractivity contribution in [3.63, 3.8) is 0 Å². The van der Waals surface area contributed by atoms with Crippen molar-refractivity contribution in [2.45, 2.75) is 12.5 Å². The first-order valence-corrected chi connectivity index (χ1v) is 7.72. The first kappa shape index (κ1) is 13.9. The normalized spacial score (nSPS) is 23.5. The van der Waals surface area contributed by atoms with Gasteiger partial charge in [-0.25, -0.2) is 8.42 Å². The van der Waals surface area contributed by atoms with Crippen LogP contribution in [0.4, 0.5) is 0 Å². The average molecular weight is 250 g/mol. The topological polar surface area (TPSA) is 58.6 Å². The third-order valence-electron chi connectivity index (χ3n) is 2.58. The van der Waals surface area contributed by atoms with Gasteiger partial charge < -0.3 is 15.0 Å². The summed E-state index contributed by atoms with van der Waals surface area (Å²) in [5.41, 5.74) is 0. The second-order valence-corrected chi connectivity index (χ2v) is 6.70. The molecule has 96 valence electrons. The van der Waals surface area contributed by atoms with Crippen LogP contribution >= 0.6 is 0 Å². The molecule has 5 nitrogen and oxygen atoms in total. The fraction of sp³-hybridized carbons (Fsp3) is 1.00. The Hall–Kier alpha value is -0.170. The summed E-state index contributed by atoms with van der Waals surface area (Å²) < 4.78 is 27.3. The Balaban J connectivity index is 2.02. The van der Waals surface area contributed by atoms with Crippen molar-refractivity contribution in [1.82, 2.24) is 10.2 Å². The standard InChI is InChI=1S/C10H22N2O3S/c1-12-5-6-15-10(9-12)8-11-4-3-7-16(2,13)14/h10-11H,3-9H2,1-2H3. The largest absolute Gasteiger partial charge is 0.374 e. The van der Waals surface area contributed by atoms with E-state index in [9.17, 15) is 8.42 Å². The van der Waals surface area contributed by atoms with Gasteiger partial charge in [0.25, 0.3) is 0 Å². The second kappa shape index (κ2) is 6.54. The first-order valence-electron chi connectivity index (χ1n) is 5.66. The van der Waals surface area contributed by atoms with Gasteiger partial charge in [-0.1, -0.05) is 0 Å². The van der Waals surface area contributed by atoms with Crippen LogP contribution in [0.2, 0.25) is 0 Å². The van der Waals surface area contributed by atoms with Gasteiger partial charge in [-0.15, -0.1) is 0 Å². The number of nitrogens with zero attached hydrogens (tertiary/aromatic N) is 1. The molecule has 0 aromatic heterocycles. The third-order valence-corrected chi connectivity index (χ3v) is 3.61. The minimum atomic E-state index is -2.82. The van der Waals surface area contributed by atoms with E-state index in [1.807, 2.05) is 0 Å². The second-order valence-electron chi connectivity index (χ2n) is 4.44. The molecule has 1 fully saturated rings. The van der Waals surface area contributed by atoms with Crippen LogP contribution < -0.4 is 5.32 Å². The van der Waals surface area contributed by atoms with E-state index in [0.29, 0.717) is 6.42 Å². The van der Waals surface area contributed by atoms with Gasteiger partial charge in [0.2, 0.25) is 0 Å². The van der Waals surface area contributed by atoms with Crippen molar-refractivity contribution in [3.05, 3.63) is 0 Å². The number of hydrogen-bond donors (Lipinski definition) is 1. The molecule has 0 aromatic carbocycles. The van der Waals surface area contributed by atoms with Crippen molar-refractivity contribution >= 4 is 9.84 Å². The van der Waals surface area contributed by atoms with Crippen LogP contribution in [0.15, 0.2) is 0 Å². The molecule has 1 saturated heterocycles. The number of hydrogen-bond acceptors (Lipinski definition) is 5. The molecular formula is C10H22N2O3S. The zero-order chi connectivity index (χ0) is 12.0. The molecule has 1 N–H and O–H groups in total. The number of nitrogens with one attached hydrogen (secondary N) is 1. The highest BCUT2D eigenvalue weighted by molar-refractivity contribution is 7.90. The maximum Gasteiger partial charge on any atom is 0.147 e. The summed E-state index contributed by atoms with van der Waals surface area (Å²) in [6.45, 7) is 4.25. The minimum absolute atomic E-state index is 0.233. The Labute approximate surface area is 98.1 Å². The summed E-state index contributed by atoms with van der Waals surface area (Å²) in [7, 11) is -0.735. The molecule has 1 aliphatic rings. The SMILES string of the molecule is CN1CCOC(CNCCCS(C)(=O)=O)C1. The maximum atomic E-state index is 10.9. The lowest BCUT2D eigenvalue weighted by molar-refractivity contribution is -0.0179. The van der Waals surface area contributed by atoms with Crippen molar-refractivity contribution in [1.29, 1.82) is 0 Å². The van der Waals surface area contributed by atoms with Crippen LogP contribution in [0.1, 0.15) is 6.42 Å². The van der Waals surface area contributed by atoms with Crippen LogP contribution in [0.5, 0.6) is 0 Å². The smallest absolute Gasteiger partial charge is 0.147 e. The third kappa shape index (κ3) is 6.42. The predicted molar refractivity (Wildman–Crippen MR) is 64.4 cm³/mol. The van der Waals surface area contributed by atoms with Crippen molar-refractivity contribution < 1.29 is 13.2 Å². The van der Waals surface area contributed by atoms with E-state index in [0.717, 1.165) is 32.8 Å². The fourth-order valence-corrected chi connectivity index (χ4v) is 2.38. The van der Waals surface area contributed by atoms with Crippen LogP contribution in [0.25, 0.3) is 0 Å². The molecule has 0 amide bonds. The lowest BCUT2D eigenvalue weighted by Gasteiger charge is -2.30. The Morgan fingerprint density at radius 1 is 1.50 bits per heavy atom. The van der Waals surface area contributed by atoms with E-state index >= 15 is 0 Å². The maximum absolute atomic E-state index is 10.9. The number of morpholine rings is 1. The van der Waals surface area contributed by atoms with Gasteiger partial charge >= 0.3 is 0 Å². The summed E-state index contributed by atoms with van der Waals surface area (Å²) in [6.07, 6.45) is 2.17. The van der Waals surface area contributed by atoms with E-state index in [1.54, 1.807) is 0 Å². The quantitative estimate of drug-likeness (QED) is 0.634. The van der Waals surface area contributed by atoms with Crippen LogP contribution in [-0.4, -0.2) is 71.3 Å². The molecule has 1 aliphatic heterocycles. The van der Waals surface area contributed by atoms with E-state index in [-0.39, 0.29) is 11.9 Å². The van der Waals surface area contributed by atoms with E-state index < -0.39 is 9.84 Å². The van der Waals surface area contributed by atoms with Gasteiger partial charge in [0, 0.05) is 25.9 Å². The zero-order valence-corrected chi connectivity index (χ0v) is 10.9. The molecule has 16 heavy (non-hydrogen) atoms. The average Bonchev–Trinajstić information content (AvgIpc) is 2.15. The Kier molecular flexibility index (Phi) is 5.68. The Morgan fingerprint density at radius 2 is 2.25 bits per heavy atom. The van der Waals surface area contributed by atoms with E-state index in [2.05, 4.69) is 17.3 Å². The summed E-state index contributed by atoms with van der Waals surface area (Å²) in [4.78, 5) is 2.24. The Bertz CT molecular complexity index is 292. The van der Waals surface area contributed by atoms with E-state index in [1.165, 1.54) is 6.26 Å². The first-order chi connectivity index (χ1) is 7.47. The number of rotatable bonds is 6. The molecule has 0 radical (unpaired) electrons. The lowest BCUT2D eigenvalue weighted by atomic mass is 10.3. The van der Waals surface area contributed by atoms with Crippen molar-refractivity contribution in [2.75, 3.05) is 51.8 Å². The monoisotopic (exact) mass is 250 g/mol. The molecule has 0 aliphatic carbocycles. The summed E-state index contributed by atoms with van der Waals surface area (Å²) in [5, 5.41) is 3.23. The van der Waals surface area contributed by atoms with Gasteiger partial charge in [0.1, 0.15) is 9.84 Å². The highest BCUT2D eigenvalue weighted by atomic mass is 32.2. The fourth-order valence-electron chi connectivity index (χ4n) is 1.71. The van der Waals surface area contributed by atoms with Gasteiger partial charge in [-0.2, -0.15) is 0 Å². The van der Waals surface area contributed by atoms with Gasteiger partial charge in [-0.3, -0.25) is 0 Å². The van der Waals surface area contributed by atoms with Gasteiger partial charge in [-0.05, 0) is 20.0 Å². The molecule has 0 spiro atoms. The summed E-state index contributed by atoms with van der Waals surface area (Å²) in [5.74, 6) is 0.255. The molecule has 6 heteroatoms. The summed E-state index contributed by atoms with van der Waals surface area (Å²) >= 11 is 0. The molecule has 1 heterocycles. The molecular weight excluding hydrogens is 228 g/mol.